The number of rotatable bonds is 2. The van der Waals surface area contributed by atoms with E-state index in [9.17, 15) is 4.79 Å². The first kappa shape index (κ1) is 11.5. The Morgan fingerprint density at radius 1 is 1.35 bits per heavy atom. The number of benzene rings is 1. The van der Waals surface area contributed by atoms with Gasteiger partial charge in [-0.3, -0.25) is 4.98 Å². The van der Waals surface area contributed by atoms with Gasteiger partial charge in [0.2, 0.25) is 6.08 Å². The Hall–Kier alpha value is -1.96. The first-order valence-corrected chi connectivity index (χ1v) is 5.39. The van der Waals surface area contributed by atoms with Gasteiger partial charge >= 0.3 is 0 Å². The molecule has 0 aliphatic carbocycles. The summed E-state index contributed by atoms with van der Waals surface area (Å²) in [5.41, 5.74) is 2.75. The maximum Gasteiger partial charge on any atom is 0.240 e. The van der Waals surface area contributed by atoms with E-state index in [1.54, 1.807) is 18.3 Å². The number of halogens is 1. The van der Waals surface area contributed by atoms with E-state index in [-0.39, 0.29) is 0 Å². The number of aliphatic imine (C=N–C) groups is 1. The number of nitrogens with zero attached hydrogens (tertiary/aromatic N) is 2. The molecule has 0 radical (unpaired) electrons. The van der Waals surface area contributed by atoms with Crippen molar-refractivity contribution < 1.29 is 4.79 Å². The molecule has 0 amide bonds. The molecule has 0 saturated carbocycles. The van der Waals surface area contributed by atoms with Crippen LogP contribution in [0.3, 0.4) is 0 Å². The minimum Gasteiger partial charge on any atom is -0.254 e. The Kier molecular flexibility index (Phi) is 3.33. The Morgan fingerprint density at radius 3 is 2.82 bits per heavy atom. The third kappa shape index (κ3) is 2.41. The van der Waals surface area contributed by atoms with Crippen LogP contribution in [0, 0.1) is 6.92 Å². The lowest BCUT2D eigenvalue weighted by Gasteiger charge is -2.06. The molecule has 2 aromatic rings. The van der Waals surface area contributed by atoms with Crippen LogP contribution in [0.2, 0.25) is 5.02 Å². The molecule has 17 heavy (non-hydrogen) atoms. The summed E-state index contributed by atoms with van der Waals surface area (Å²) in [5.74, 6) is 0. The molecular formula is C13H9ClN2O. The van der Waals surface area contributed by atoms with Gasteiger partial charge in [-0.15, -0.1) is 0 Å². The van der Waals surface area contributed by atoms with Gasteiger partial charge in [-0.1, -0.05) is 29.8 Å². The van der Waals surface area contributed by atoms with E-state index < -0.39 is 0 Å². The fraction of sp³-hybridized carbons (Fsp3) is 0.0769. The van der Waals surface area contributed by atoms with Gasteiger partial charge in [0, 0.05) is 11.8 Å². The van der Waals surface area contributed by atoms with E-state index in [0.717, 1.165) is 11.1 Å². The highest BCUT2D eigenvalue weighted by Gasteiger charge is 2.09. The van der Waals surface area contributed by atoms with Crippen LogP contribution in [0.1, 0.15) is 5.56 Å². The van der Waals surface area contributed by atoms with Crippen molar-refractivity contribution in [3.63, 3.8) is 0 Å². The van der Waals surface area contributed by atoms with Crippen LogP contribution in [0.15, 0.2) is 41.5 Å². The Balaban J connectivity index is 2.67. The zero-order chi connectivity index (χ0) is 12.3. The molecule has 0 atom stereocenters. The second-order valence-electron chi connectivity index (χ2n) is 3.56. The monoisotopic (exact) mass is 244 g/mol. The second kappa shape index (κ2) is 4.91. The highest BCUT2D eigenvalue weighted by molar-refractivity contribution is 6.33. The standard InChI is InChI=1S/C13H9ClN2O/c1-9-6-12(16-8-17)13(15-7-9)10-4-2-3-5-11(10)14/h2-7H,1H3. The molecule has 1 aromatic carbocycles. The van der Waals surface area contributed by atoms with E-state index in [2.05, 4.69) is 9.98 Å². The minimum absolute atomic E-state index is 0.480. The molecule has 0 saturated heterocycles. The van der Waals surface area contributed by atoms with Gasteiger partial charge in [0.05, 0.1) is 10.7 Å². The lowest BCUT2D eigenvalue weighted by Crippen LogP contribution is -1.87. The summed E-state index contributed by atoms with van der Waals surface area (Å²) in [4.78, 5) is 18.3. The molecule has 1 aromatic heterocycles. The molecule has 0 bridgehead atoms. The molecule has 0 spiro atoms. The van der Waals surface area contributed by atoms with E-state index in [0.29, 0.717) is 16.4 Å². The zero-order valence-electron chi connectivity index (χ0n) is 9.14. The number of hydrogen-bond donors (Lipinski definition) is 0. The van der Waals surface area contributed by atoms with Crippen LogP contribution in [0.25, 0.3) is 11.3 Å². The molecule has 3 nitrogen and oxygen atoms in total. The first-order valence-electron chi connectivity index (χ1n) is 5.02. The van der Waals surface area contributed by atoms with Crippen molar-refractivity contribution in [3.05, 3.63) is 47.1 Å². The van der Waals surface area contributed by atoms with Crippen molar-refractivity contribution >= 4 is 23.4 Å². The predicted octanol–water partition coefficient (Wildman–Crippen LogP) is 3.68. The molecular weight excluding hydrogens is 236 g/mol. The summed E-state index contributed by atoms with van der Waals surface area (Å²) in [7, 11) is 0. The van der Waals surface area contributed by atoms with Crippen LogP contribution < -0.4 is 0 Å². The summed E-state index contributed by atoms with van der Waals surface area (Å²) < 4.78 is 0. The maximum absolute atomic E-state index is 10.4. The number of pyridine rings is 1. The number of carbonyl (C=O) groups excluding carboxylic acids is 1. The van der Waals surface area contributed by atoms with Gasteiger partial charge in [-0.05, 0) is 24.6 Å². The summed E-state index contributed by atoms with van der Waals surface area (Å²) in [6.45, 7) is 1.88. The average Bonchev–Trinajstić information content (AvgIpc) is 2.31. The van der Waals surface area contributed by atoms with Gasteiger partial charge in [-0.2, -0.15) is 4.99 Å². The summed E-state index contributed by atoms with van der Waals surface area (Å²) >= 11 is 6.09. The minimum atomic E-state index is 0.480. The molecule has 2 rings (SSSR count). The summed E-state index contributed by atoms with van der Waals surface area (Å²) in [6.07, 6.45) is 3.24. The topological polar surface area (TPSA) is 42.3 Å². The molecule has 84 valence electrons. The second-order valence-corrected chi connectivity index (χ2v) is 3.97. The van der Waals surface area contributed by atoms with Gasteiger partial charge in [-0.25, -0.2) is 4.79 Å². The van der Waals surface area contributed by atoms with Crippen LogP contribution in [0.4, 0.5) is 5.69 Å². The number of hydrogen-bond acceptors (Lipinski definition) is 3. The fourth-order valence-corrected chi connectivity index (χ4v) is 1.77. The third-order valence-electron chi connectivity index (χ3n) is 2.30. The number of aromatic nitrogens is 1. The van der Waals surface area contributed by atoms with Gasteiger partial charge in [0.1, 0.15) is 5.69 Å². The van der Waals surface area contributed by atoms with E-state index in [1.165, 1.54) is 6.08 Å². The smallest absolute Gasteiger partial charge is 0.240 e. The van der Waals surface area contributed by atoms with Crippen LogP contribution in [0.5, 0.6) is 0 Å². The largest absolute Gasteiger partial charge is 0.254 e. The van der Waals surface area contributed by atoms with Crippen molar-refractivity contribution in [2.75, 3.05) is 0 Å². The molecule has 0 N–H and O–H groups in total. The molecule has 0 aliphatic rings. The lowest BCUT2D eigenvalue weighted by molar-refractivity contribution is 0.565. The quantitative estimate of drug-likeness (QED) is 0.597. The predicted molar refractivity (Wildman–Crippen MR) is 67.2 cm³/mol. The molecule has 4 heteroatoms. The first-order chi connectivity index (χ1) is 8.22. The third-order valence-corrected chi connectivity index (χ3v) is 2.63. The molecule has 0 unspecified atom stereocenters. The van der Waals surface area contributed by atoms with Crippen LogP contribution in [-0.4, -0.2) is 11.1 Å². The van der Waals surface area contributed by atoms with E-state index >= 15 is 0 Å². The Morgan fingerprint density at radius 2 is 2.12 bits per heavy atom. The maximum atomic E-state index is 10.4. The van der Waals surface area contributed by atoms with Gasteiger partial charge in [0.15, 0.2) is 0 Å². The summed E-state index contributed by atoms with van der Waals surface area (Å²) in [5, 5.41) is 0.575. The van der Waals surface area contributed by atoms with Crippen LogP contribution in [-0.2, 0) is 4.79 Å². The Bertz CT molecular complexity index is 604. The van der Waals surface area contributed by atoms with Crippen molar-refractivity contribution in [3.8, 4) is 11.3 Å². The zero-order valence-corrected chi connectivity index (χ0v) is 9.90. The Labute approximate surface area is 104 Å². The summed E-state index contributed by atoms with van der Waals surface area (Å²) in [6, 6.07) is 9.08. The lowest BCUT2D eigenvalue weighted by atomic mass is 10.1. The highest BCUT2D eigenvalue weighted by Crippen LogP contribution is 2.33. The molecule has 1 heterocycles. The van der Waals surface area contributed by atoms with Crippen molar-refractivity contribution in [2.45, 2.75) is 6.92 Å². The average molecular weight is 245 g/mol. The van der Waals surface area contributed by atoms with Crippen molar-refractivity contribution in [2.24, 2.45) is 4.99 Å². The SMILES string of the molecule is Cc1cnc(-c2ccccc2Cl)c(N=C=O)c1. The van der Waals surface area contributed by atoms with E-state index in [1.807, 2.05) is 25.1 Å². The van der Waals surface area contributed by atoms with Crippen molar-refractivity contribution in [1.82, 2.24) is 4.98 Å². The van der Waals surface area contributed by atoms with Crippen molar-refractivity contribution in [1.29, 1.82) is 0 Å². The molecule has 0 aliphatic heterocycles. The fourth-order valence-electron chi connectivity index (χ4n) is 1.55. The highest BCUT2D eigenvalue weighted by atomic mass is 35.5. The van der Waals surface area contributed by atoms with E-state index in [4.69, 9.17) is 11.6 Å². The van der Waals surface area contributed by atoms with Gasteiger partial charge in [0.25, 0.3) is 0 Å². The normalized spacial score (nSPS) is 9.76. The molecule has 0 fully saturated rings. The number of isocyanates is 1. The number of aryl methyl sites for hydroxylation is 1. The van der Waals surface area contributed by atoms with Gasteiger partial charge < -0.3 is 0 Å². The van der Waals surface area contributed by atoms with Crippen LogP contribution >= 0.6 is 11.6 Å².